The third-order valence-electron chi connectivity index (χ3n) is 3.69. The minimum atomic E-state index is 0.494. The van der Waals surface area contributed by atoms with Gasteiger partial charge >= 0.3 is 0 Å². The maximum Gasteiger partial charge on any atom is 0.0699 e. The van der Waals surface area contributed by atoms with Gasteiger partial charge in [-0.3, -0.25) is 0 Å². The Bertz CT molecular complexity index is 133. The lowest BCUT2D eigenvalue weighted by molar-refractivity contribution is 0.266. The molecule has 1 aliphatic carbocycles. The molecule has 0 spiro atoms. The third-order valence-corrected chi connectivity index (χ3v) is 3.69. The molecule has 4 atom stereocenters. The van der Waals surface area contributed by atoms with Crippen molar-refractivity contribution >= 4 is 7.85 Å². The summed E-state index contributed by atoms with van der Waals surface area (Å²) in [5, 5.41) is 0. The van der Waals surface area contributed by atoms with Gasteiger partial charge in [0.15, 0.2) is 0 Å². The summed E-state index contributed by atoms with van der Waals surface area (Å²) in [6.07, 6.45) is 5.18. The molecule has 0 heterocycles. The second-order valence-electron chi connectivity index (χ2n) is 4.45. The van der Waals surface area contributed by atoms with Crippen molar-refractivity contribution in [1.29, 1.82) is 0 Å². The highest BCUT2D eigenvalue weighted by Crippen LogP contribution is 2.44. The summed E-state index contributed by atoms with van der Waals surface area (Å²) < 4.78 is 0. The van der Waals surface area contributed by atoms with Crippen LogP contribution in [0.4, 0.5) is 0 Å². The average molecular weight is 164 g/mol. The van der Waals surface area contributed by atoms with E-state index >= 15 is 0 Å². The van der Waals surface area contributed by atoms with Crippen molar-refractivity contribution in [3.63, 3.8) is 0 Å². The van der Waals surface area contributed by atoms with E-state index in [0.29, 0.717) is 5.82 Å². The summed E-state index contributed by atoms with van der Waals surface area (Å²) in [6, 6.07) is 0. The van der Waals surface area contributed by atoms with E-state index in [1.807, 2.05) is 0 Å². The highest BCUT2D eigenvalue weighted by atomic mass is 14.4. The first-order valence-electron chi connectivity index (χ1n) is 5.44. The van der Waals surface area contributed by atoms with Crippen molar-refractivity contribution in [3.05, 3.63) is 0 Å². The van der Waals surface area contributed by atoms with E-state index in [1.54, 1.807) is 0 Å². The van der Waals surface area contributed by atoms with Crippen LogP contribution in [0.2, 0.25) is 5.82 Å². The zero-order chi connectivity index (χ0) is 9.14. The van der Waals surface area contributed by atoms with E-state index in [4.69, 9.17) is 7.85 Å². The molecular weight excluding hydrogens is 143 g/mol. The standard InChI is InChI=1S/C11H21B/c1-4-8(3)11-7-10(12)6-9(11)5-2/h8-11H,4-7H2,1-3H3. The van der Waals surface area contributed by atoms with Crippen molar-refractivity contribution in [2.45, 2.75) is 52.3 Å². The quantitative estimate of drug-likeness (QED) is 0.560. The topological polar surface area (TPSA) is 0 Å². The Balaban J connectivity index is 2.51. The lowest BCUT2D eigenvalue weighted by atomic mass is 9.81. The summed E-state index contributed by atoms with van der Waals surface area (Å²) in [4.78, 5) is 0. The highest BCUT2D eigenvalue weighted by Gasteiger charge is 2.32. The number of rotatable bonds is 3. The van der Waals surface area contributed by atoms with Gasteiger partial charge in [-0.15, -0.1) is 0 Å². The Morgan fingerprint density at radius 2 is 2.00 bits per heavy atom. The lowest BCUT2D eigenvalue weighted by Gasteiger charge is -2.23. The Morgan fingerprint density at radius 1 is 1.33 bits per heavy atom. The van der Waals surface area contributed by atoms with Gasteiger partial charge in [-0.25, -0.2) is 0 Å². The van der Waals surface area contributed by atoms with Gasteiger partial charge in [-0.2, -0.15) is 0 Å². The van der Waals surface area contributed by atoms with Gasteiger partial charge in [0.25, 0.3) is 0 Å². The molecule has 0 saturated heterocycles. The van der Waals surface area contributed by atoms with Crippen molar-refractivity contribution in [2.75, 3.05) is 0 Å². The molecule has 2 radical (unpaired) electrons. The van der Waals surface area contributed by atoms with Crippen molar-refractivity contribution in [2.24, 2.45) is 17.8 Å². The normalized spacial score (nSPS) is 38.4. The van der Waals surface area contributed by atoms with Crippen LogP contribution in [0.3, 0.4) is 0 Å². The summed E-state index contributed by atoms with van der Waals surface area (Å²) in [5.74, 6) is 3.20. The fourth-order valence-corrected chi connectivity index (χ4v) is 2.67. The predicted octanol–water partition coefficient (Wildman–Crippen LogP) is 3.43. The molecule has 0 N–H and O–H groups in total. The summed E-state index contributed by atoms with van der Waals surface area (Å²) >= 11 is 0. The molecule has 1 saturated carbocycles. The molecule has 1 rings (SSSR count). The SMILES string of the molecule is [B]C1CC(CC)C(C(C)CC)C1. The molecule has 0 aromatic carbocycles. The third kappa shape index (κ3) is 2.05. The average Bonchev–Trinajstić information content (AvgIpc) is 2.45. The van der Waals surface area contributed by atoms with Crippen LogP contribution in [0, 0.1) is 17.8 Å². The zero-order valence-electron chi connectivity index (χ0n) is 8.72. The molecular formula is C11H21B. The van der Waals surface area contributed by atoms with E-state index in [2.05, 4.69) is 20.8 Å². The van der Waals surface area contributed by atoms with Crippen LogP contribution in [0.15, 0.2) is 0 Å². The van der Waals surface area contributed by atoms with Gasteiger partial charge < -0.3 is 0 Å². The molecule has 0 bridgehead atoms. The minimum Gasteiger partial charge on any atom is -0.0768 e. The molecule has 0 aromatic rings. The first kappa shape index (κ1) is 10.1. The van der Waals surface area contributed by atoms with E-state index in [0.717, 1.165) is 17.8 Å². The maximum atomic E-state index is 5.98. The molecule has 0 amide bonds. The summed E-state index contributed by atoms with van der Waals surface area (Å²) in [7, 11) is 5.98. The Kier molecular flexibility index (Phi) is 3.67. The van der Waals surface area contributed by atoms with E-state index in [-0.39, 0.29) is 0 Å². The smallest absolute Gasteiger partial charge is 0.0699 e. The van der Waals surface area contributed by atoms with Crippen LogP contribution in [0.1, 0.15) is 46.5 Å². The van der Waals surface area contributed by atoms with Crippen LogP contribution in [-0.4, -0.2) is 7.85 Å². The maximum absolute atomic E-state index is 5.98. The van der Waals surface area contributed by atoms with Crippen LogP contribution in [-0.2, 0) is 0 Å². The zero-order valence-corrected chi connectivity index (χ0v) is 8.72. The molecule has 12 heavy (non-hydrogen) atoms. The fourth-order valence-electron chi connectivity index (χ4n) is 2.67. The molecule has 1 heteroatoms. The van der Waals surface area contributed by atoms with Crippen molar-refractivity contribution in [1.82, 2.24) is 0 Å². The van der Waals surface area contributed by atoms with Crippen LogP contribution >= 0.6 is 0 Å². The van der Waals surface area contributed by atoms with Gasteiger partial charge in [0.1, 0.15) is 0 Å². The predicted molar refractivity (Wildman–Crippen MR) is 55.5 cm³/mol. The van der Waals surface area contributed by atoms with Crippen LogP contribution in [0.5, 0.6) is 0 Å². The number of hydrogen-bond acceptors (Lipinski definition) is 0. The second-order valence-corrected chi connectivity index (χ2v) is 4.45. The largest absolute Gasteiger partial charge is 0.0768 e. The minimum absolute atomic E-state index is 0.494. The second kappa shape index (κ2) is 4.34. The molecule has 1 aliphatic rings. The number of hydrogen-bond donors (Lipinski definition) is 0. The Hall–Kier alpha value is 0.0649. The highest BCUT2D eigenvalue weighted by molar-refractivity contribution is 6.11. The summed E-state index contributed by atoms with van der Waals surface area (Å²) in [6.45, 7) is 6.98. The monoisotopic (exact) mass is 164 g/mol. The van der Waals surface area contributed by atoms with Gasteiger partial charge in [0, 0.05) is 0 Å². The molecule has 68 valence electrons. The van der Waals surface area contributed by atoms with Gasteiger partial charge in [0.05, 0.1) is 7.85 Å². The van der Waals surface area contributed by atoms with Gasteiger partial charge in [-0.1, -0.05) is 52.3 Å². The van der Waals surface area contributed by atoms with E-state index in [9.17, 15) is 0 Å². The Morgan fingerprint density at radius 3 is 2.50 bits per heavy atom. The molecule has 0 nitrogen and oxygen atoms in total. The van der Waals surface area contributed by atoms with Crippen molar-refractivity contribution in [3.8, 4) is 0 Å². The van der Waals surface area contributed by atoms with Gasteiger partial charge in [0.2, 0.25) is 0 Å². The van der Waals surface area contributed by atoms with Crippen molar-refractivity contribution < 1.29 is 0 Å². The van der Waals surface area contributed by atoms with E-state index in [1.165, 1.54) is 25.7 Å². The fraction of sp³-hybridized carbons (Fsp3) is 1.00. The molecule has 1 fully saturated rings. The molecule has 4 unspecified atom stereocenters. The van der Waals surface area contributed by atoms with E-state index < -0.39 is 0 Å². The first-order valence-corrected chi connectivity index (χ1v) is 5.44. The summed E-state index contributed by atoms with van der Waals surface area (Å²) in [5.41, 5.74) is 0. The first-order chi connectivity index (χ1) is 5.69. The lowest BCUT2D eigenvalue weighted by Crippen LogP contribution is -2.15. The van der Waals surface area contributed by atoms with Gasteiger partial charge in [-0.05, 0) is 17.8 Å². The Labute approximate surface area is 78.5 Å². The molecule has 0 aliphatic heterocycles. The van der Waals surface area contributed by atoms with Crippen LogP contribution in [0.25, 0.3) is 0 Å². The van der Waals surface area contributed by atoms with Crippen LogP contribution < -0.4 is 0 Å². The molecule has 0 aromatic heterocycles.